The lowest BCUT2D eigenvalue weighted by Crippen LogP contribution is -2.33. The molecule has 5 nitrogen and oxygen atoms in total. The molecule has 0 aliphatic carbocycles. The third-order valence-electron chi connectivity index (χ3n) is 4.32. The Morgan fingerprint density at radius 1 is 1.32 bits per heavy atom. The second kappa shape index (κ2) is 7.19. The maximum absolute atomic E-state index is 12.6. The number of rotatable bonds is 5. The molecule has 0 N–H and O–H groups in total. The molecule has 0 bridgehead atoms. The fourth-order valence-corrected chi connectivity index (χ4v) is 3.62. The van der Waals surface area contributed by atoms with Gasteiger partial charge >= 0.3 is 0 Å². The molecule has 3 rings (SSSR count). The number of thiophene rings is 1. The van der Waals surface area contributed by atoms with E-state index in [0.29, 0.717) is 11.9 Å². The number of hydrogen-bond donors (Lipinski definition) is 0. The lowest BCUT2D eigenvalue weighted by atomic mass is 10.1. The van der Waals surface area contributed by atoms with E-state index >= 15 is 0 Å². The molecular weight excluding hydrogens is 334 g/mol. The molecule has 0 spiro atoms. The van der Waals surface area contributed by atoms with E-state index in [1.165, 1.54) is 22.2 Å². The molecule has 6 heteroatoms. The van der Waals surface area contributed by atoms with Crippen molar-refractivity contribution in [2.24, 2.45) is 0 Å². The number of hydrogen-bond acceptors (Lipinski definition) is 4. The lowest BCUT2D eigenvalue weighted by molar-refractivity contribution is -0.131. The first kappa shape index (κ1) is 17.4. The van der Waals surface area contributed by atoms with Crippen molar-refractivity contribution in [2.45, 2.75) is 33.4 Å². The molecule has 0 aliphatic heterocycles. The molecule has 0 radical (unpaired) electrons. The van der Waals surface area contributed by atoms with Crippen LogP contribution in [-0.2, 0) is 24.3 Å². The zero-order chi connectivity index (χ0) is 18.0. The number of nitrogens with zero attached hydrogens (tertiary/aromatic N) is 3. The first-order valence-corrected chi connectivity index (χ1v) is 9.07. The Kier molecular flexibility index (Phi) is 4.99. The molecule has 130 valence electrons. The summed E-state index contributed by atoms with van der Waals surface area (Å²) in [4.78, 5) is 32.9. The van der Waals surface area contributed by atoms with E-state index in [-0.39, 0.29) is 18.0 Å². The van der Waals surface area contributed by atoms with Crippen LogP contribution in [0.3, 0.4) is 0 Å². The van der Waals surface area contributed by atoms with Crippen molar-refractivity contribution < 1.29 is 4.79 Å². The van der Waals surface area contributed by atoms with Crippen LogP contribution in [0.25, 0.3) is 10.2 Å². The van der Waals surface area contributed by atoms with E-state index in [1.54, 1.807) is 11.9 Å². The van der Waals surface area contributed by atoms with E-state index in [0.717, 1.165) is 27.3 Å². The molecule has 1 amide bonds. The van der Waals surface area contributed by atoms with Crippen LogP contribution >= 0.6 is 11.3 Å². The minimum Gasteiger partial charge on any atom is -0.340 e. The van der Waals surface area contributed by atoms with Crippen LogP contribution in [-0.4, -0.2) is 27.4 Å². The maximum atomic E-state index is 12.6. The summed E-state index contributed by atoms with van der Waals surface area (Å²) in [5.74, 6) is -0.113. The summed E-state index contributed by atoms with van der Waals surface area (Å²) >= 11 is 1.53. The first-order chi connectivity index (χ1) is 12.0. The molecule has 0 aliphatic rings. The number of fused-ring (bicyclic) bond motifs is 1. The van der Waals surface area contributed by atoms with Gasteiger partial charge in [-0.15, -0.1) is 11.3 Å². The normalized spacial score (nSPS) is 11.0. The van der Waals surface area contributed by atoms with Crippen molar-refractivity contribution in [3.63, 3.8) is 0 Å². The second-order valence-electron chi connectivity index (χ2n) is 6.14. The Bertz CT molecular complexity index is 974. The standard InChI is InChI=1S/C19H21N3O2S/c1-4-15-9-16-18(25-15)20-12-22(19(16)24)11-17(23)21(3)10-14-8-6-5-7-13(14)2/h5-9,12H,4,10-11H2,1-3H3. The van der Waals surface area contributed by atoms with Gasteiger partial charge in [0.15, 0.2) is 0 Å². The highest BCUT2D eigenvalue weighted by atomic mass is 32.1. The van der Waals surface area contributed by atoms with E-state index < -0.39 is 0 Å². The number of carbonyl (C=O) groups is 1. The molecule has 0 saturated carbocycles. The molecule has 0 unspecified atom stereocenters. The number of amides is 1. The van der Waals surface area contributed by atoms with Crippen LogP contribution in [0.1, 0.15) is 22.9 Å². The number of aryl methyl sites for hydroxylation is 2. The maximum Gasteiger partial charge on any atom is 0.262 e. The van der Waals surface area contributed by atoms with Gasteiger partial charge in [0.25, 0.3) is 5.56 Å². The van der Waals surface area contributed by atoms with Crippen molar-refractivity contribution in [3.8, 4) is 0 Å². The fraction of sp³-hybridized carbons (Fsp3) is 0.316. The molecule has 1 aromatic carbocycles. The Balaban J connectivity index is 1.78. The average Bonchev–Trinajstić information content (AvgIpc) is 3.03. The quantitative estimate of drug-likeness (QED) is 0.707. The zero-order valence-electron chi connectivity index (χ0n) is 14.7. The second-order valence-corrected chi connectivity index (χ2v) is 7.25. The van der Waals surface area contributed by atoms with Crippen molar-refractivity contribution in [3.05, 3.63) is 63.0 Å². The van der Waals surface area contributed by atoms with Gasteiger partial charge < -0.3 is 4.90 Å². The fourth-order valence-electron chi connectivity index (χ4n) is 2.69. The van der Waals surface area contributed by atoms with Gasteiger partial charge in [-0.05, 0) is 30.5 Å². The molecule has 0 atom stereocenters. The molecular formula is C19H21N3O2S. The monoisotopic (exact) mass is 355 g/mol. The minimum atomic E-state index is -0.154. The van der Waals surface area contributed by atoms with Crippen LogP contribution in [0.2, 0.25) is 0 Å². The Labute approximate surface area is 150 Å². The topological polar surface area (TPSA) is 55.2 Å². The molecule has 0 saturated heterocycles. The van der Waals surface area contributed by atoms with Gasteiger partial charge in [-0.3, -0.25) is 14.2 Å². The van der Waals surface area contributed by atoms with Crippen molar-refractivity contribution in [1.82, 2.24) is 14.5 Å². The average molecular weight is 355 g/mol. The van der Waals surface area contributed by atoms with Crippen molar-refractivity contribution in [2.75, 3.05) is 7.05 Å². The largest absolute Gasteiger partial charge is 0.340 e. The first-order valence-electron chi connectivity index (χ1n) is 8.26. The van der Waals surface area contributed by atoms with E-state index in [9.17, 15) is 9.59 Å². The van der Waals surface area contributed by atoms with Crippen LogP contribution in [0.4, 0.5) is 0 Å². The zero-order valence-corrected chi connectivity index (χ0v) is 15.5. The van der Waals surface area contributed by atoms with Gasteiger partial charge in [0.2, 0.25) is 5.91 Å². The van der Waals surface area contributed by atoms with Gasteiger partial charge in [0, 0.05) is 18.5 Å². The number of carbonyl (C=O) groups excluding carboxylic acids is 1. The van der Waals surface area contributed by atoms with Gasteiger partial charge in [0.1, 0.15) is 11.4 Å². The third-order valence-corrected chi connectivity index (χ3v) is 5.51. The highest BCUT2D eigenvalue weighted by Gasteiger charge is 2.14. The number of likely N-dealkylation sites (N-methyl/N-ethyl adjacent to an activating group) is 1. The number of aromatic nitrogens is 2. The van der Waals surface area contributed by atoms with Gasteiger partial charge in [-0.1, -0.05) is 31.2 Å². The summed E-state index contributed by atoms with van der Waals surface area (Å²) in [5, 5.41) is 0.596. The van der Waals surface area contributed by atoms with Gasteiger partial charge in [-0.25, -0.2) is 4.98 Å². The summed E-state index contributed by atoms with van der Waals surface area (Å²) in [5.41, 5.74) is 2.09. The molecule has 0 fully saturated rings. The van der Waals surface area contributed by atoms with Crippen LogP contribution in [0.5, 0.6) is 0 Å². The summed E-state index contributed by atoms with van der Waals surface area (Å²) in [6.07, 6.45) is 2.35. The van der Waals surface area contributed by atoms with Gasteiger partial charge in [-0.2, -0.15) is 0 Å². The van der Waals surface area contributed by atoms with Gasteiger partial charge in [0.05, 0.1) is 11.7 Å². The number of benzene rings is 1. The minimum absolute atomic E-state index is 0.00145. The highest BCUT2D eigenvalue weighted by molar-refractivity contribution is 7.18. The third kappa shape index (κ3) is 3.64. The SMILES string of the molecule is CCc1cc2c(=O)n(CC(=O)N(C)Cc3ccccc3C)cnc2s1. The van der Waals surface area contributed by atoms with E-state index in [4.69, 9.17) is 0 Å². The van der Waals surface area contributed by atoms with E-state index in [1.807, 2.05) is 44.2 Å². The molecule has 25 heavy (non-hydrogen) atoms. The van der Waals surface area contributed by atoms with Crippen LogP contribution < -0.4 is 5.56 Å². The highest BCUT2D eigenvalue weighted by Crippen LogP contribution is 2.21. The molecule has 2 aromatic heterocycles. The summed E-state index contributed by atoms with van der Waals surface area (Å²) < 4.78 is 1.39. The lowest BCUT2D eigenvalue weighted by Gasteiger charge is -2.19. The Hall–Kier alpha value is -2.47. The summed E-state index contributed by atoms with van der Waals surface area (Å²) in [7, 11) is 1.76. The predicted octanol–water partition coefficient (Wildman–Crippen LogP) is 2.99. The Morgan fingerprint density at radius 3 is 2.80 bits per heavy atom. The summed E-state index contributed by atoms with van der Waals surface area (Å²) in [6, 6.07) is 9.86. The smallest absolute Gasteiger partial charge is 0.262 e. The van der Waals surface area contributed by atoms with Crippen LogP contribution in [0, 0.1) is 6.92 Å². The summed E-state index contributed by atoms with van der Waals surface area (Å²) in [6.45, 7) is 4.60. The van der Waals surface area contributed by atoms with E-state index in [2.05, 4.69) is 4.98 Å². The van der Waals surface area contributed by atoms with Crippen LogP contribution in [0.15, 0.2) is 41.5 Å². The molecule has 2 heterocycles. The molecule has 3 aromatic rings. The van der Waals surface area contributed by atoms with Crippen molar-refractivity contribution >= 4 is 27.5 Å². The Morgan fingerprint density at radius 2 is 2.08 bits per heavy atom. The predicted molar refractivity (Wildman–Crippen MR) is 101 cm³/mol. The van der Waals surface area contributed by atoms with Crippen molar-refractivity contribution in [1.29, 1.82) is 0 Å².